The van der Waals surface area contributed by atoms with E-state index in [1.807, 2.05) is 6.92 Å². The summed E-state index contributed by atoms with van der Waals surface area (Å²) in [5, 5.41) is 1.90. The van der Waals surface area contributed by atoms with Crippen molar-refractivity contribution < 1.29 is 27.4 Å². The highest BCUT2D eigenvalue weighted by Gasteiger charge is 2.33. The molecule has 2 rings (SSSR count). The largest absolute Gasteiger partial charge is 0.493 e. The lowest BCUT2D eigenvalue weighted by Gasteiger charge is -2.13. The van der Waals surface area contributed by atoms with E-state index in [1.54, 1.807) is 18.2 Å². The average molecular weight is 374 g/mol. The van der Waals surface area contributed by atoms with Crippen molar-refractivity contribution >= 4 is 23.2 Å². The van der Waals surface area contributed by atoms with E-state index in [-0.39, 0.29) is 12.3 Å². The van der Waals surface area contributed by atoms with Crippen LogP contribution in [0.2, 0.25) is 5.02 Å². The first kappa shape index (κ1) is 18.9. The predicted octanol–water partition coefficient (Wildman–Crippen LogP) is 4.69. The lowest BCUT2D eigenvalue weighted by molar-refractivity contribution is -0.137. The second-order valence-electron chi connectivity index (χ2n) is 5.18. The molecule has 0 bridgehead atoms. The molecule has 0 atom stereocenters. The number of carbonyl (C=O) groups excluding carboxylic acids is 1. The zero-order chi connectivity index (χ0) is 18.6. The SMILES string of the molecule is COc1cc(C)ccc1OCC(=O)Nc1ccc(Cl)c(C(F)(F)F)c1. The summed E-state index contributed by atoms with van der Waals surface area (Å²) in [6.45, 7) is 1.49. The standard InChI is InChI=1S/C17H15ClF3NO3/c1-10-3-6-14(15(7-10)24-2)25-9-16(23)22-11-4-5-13(18)12(8-11)17(19,20)21/h3-8H,9H2,1-2H3,(H,22,23). The minimum Gasteiger partial charge on any atom is -0.493 e. The van der Waals surface area contributed by atoms with E-state index < -0.39 is 22.7 Å². The molecular weight excluding hydrogens is 359 g/mol. The van der Waals surface area contributed by atoms with Crippen molar-refractivity contribution in [1.29, 1.82) is 0 Å². The van der Waals surface area contributed by atoms with E-state index in [9.17, 15) is 18.0 Å². The summed E-state index contributed by atoms with van der Waals surface area (Å²) in [5.41, 5.74) is -0.0937. The molecule has 1 amide bonds. The minimum absolute atomic E-state index is 0.0267. The Balaban J connectivity index is 2.04. The maximum atomic E-state index is 12.8. The molecule has 0 fully saturated rings. The highest BCUT2D eigenvalue weighted by molar-refractivity contribution is 6.31. The Labute approximate surface area is 147 Å². The number of aryl methyl sites for hydroxylation is 1. The third-order valence-electron chi connectivity index (χ3n) is 3.23. The Hall–Kier alpha value is -2.41. The molecule has 0 aliphatic rings. The van der Waals surface area contributed by atoms with Crippen molar-refractivity contribution in [3.63, 3.8) is 0 Å². The van der Waals surface area contributed by atoms with Crippen LogP contribution in [0.15, 0.2) is 36.4 Å². The first-order chi connectivity index (χ1) is 11.7. The van der Waals surface area contributed by atoms with Gasteiger partial charge in [-0.15, -0.1) is 0 Å². The second-order valence-corrected chi connectivity index (χ2v) is 5.59. The predicted molar refractivity (Wildman–Crippen MR) is 88.3 cm³/mol. The molecule has 0 radical (unpaired) electrons. The Morgan fingerprint density at radius 3 is 2.52 bits per heavy atom. The van der Waals surface area contributed by atoms with Crippen LogP contribution in [0.1, 0.15) is 11.1 Å². The third-order valence-corrected chi connectivity index (χ3v) is 3.56. The number of halogens is 4. The summed E-state index contributed by atoms with van der Waals surface area (Å²) in [6.07, 6.45) is -4.61. The van der Waals surface area contributed by atoms with Gasteiger partial charge in [0.05, 0.1) is 17.7 Å². The van der Waals surface area contributed by atoms with Crippen molar-refractivity contribution in [3.8, 4) is 11.5 Å². The van der Waals surface area contributed by atoms with Gasteiger partial charge in [0.25, 0.3) is 5.91 Å². The van der Waals surface area contributed by atoms with Gasteiger partial charge >= 0.3 is 6.18 Å². The van der Waals surface area contributed by atoms with Crippen LogP contribution in [0.3, 0.4) is 0 Å². The van der Waals surface area contributed by atoms with Gasteiger partial charge in [0.2, 0.25) is 0 Å². The molecule has 0 spiro atoms. The summed E-state index contributed by atoms with van der Waals surface area (Å²) in [6, 6.07) is 8.29. The fourth-order valence-corrected chi connectivity index (χ4v) is 2.28. The van der Waals surface area contributed by atoms with Gasteiger partial charge in [-0.25, -0.2) is 0 Å². The molecule has 0 aliphatic carbocycles. The van der Waals surface area contributed by atoms with E-state index in [1.165, 1.54) is 13.2 Å². The second kappa shape index (κ2) is 7.65. The summed E-state index contributed by atoms with van der Waals surface area (Å²) in [5.74, 6) is 0.201. The first-order valence-corrected chi connectivity index (χ1v) is 7.52. The van der Waals surface area contributed by atoms with Gasteiger partial charge in [-0.05, 0) is 42.8 Å². The van der Waals surface area contributed by atoms with Crippen molar-refractivity contribution in [3.05, 3.63) is 52.5 Å². The number of rotatable bonds is 5. The molecule has 25 heavy (non-hydrogen) atoms. The number of anilines is 1. The van der Waals surface area contributed by atoms with Crippen LogP contribution in [-0.2, 0) is 11.0 Å². The number of benzene rings is 2. The lowest BCUT2D eigenvalue weighted by Crippen LogP contribution is -2.20. The average Bonchev–Trinajstić information content (AvgIpc) is 2.54. The summed E-state index contributed by atoms with van der Waals surface area (Å²) in [7, 11) is 1.47. The van der Waals surface area contributed by atoms with Crippen LogP contribution in [-0.4, -0.2) is 19.6 Å². The molecule has 0 aromatic heterocycles. The van der Waals surface area contributed by atoms with Crippen LogP contribution in [0.25, 0.3) is 0 Å². The van der Waals surface area contributed by atoms with Gasteiger partial charge in [0.15, 0.2) is 18.1 Å². The lowest BCUT2D eigenvalue weighted by atomic mass is 10.2. The van der Waals surface area contributed by atoms with Gasteiger partial charge in [0, 0.05) is 5.69 Å². The number of alkyl halides is 3. The Kier molecular flexibility index (Phi) is 5.79. The van der Waals surface area contributed by atoms with Gasteiger partial charge in [-0.2, -0.15) is 13.2 Å². The molecule has 4 nitrogen and oxygen atoms in total. The fourth-order valence-electron chi connectivity index (χ4n) is 2.05. The molecule has 0 aliphatic heterocycles. The van der Waals surface area contributed by atoms with Crippen molar-refractivity contribution in [1.82, 2.24) is 0 Å². The molecule has 134 valence electrons. The number of ether oxygens (including phenoxy) is 2. The van der Waals surface area contributed by atoms with Crippen LogP contribution >= 0.6 is 11.6 Å². The normalized spacial score (nSPS) is 11.1. The number of hydrogen-bond donors (Lipinski definition) is 1. The monoisotopic (exact) mass is 373 g/mol. The molecule has 0 heterocycles. The van der Waals surface area contributed by atoms with Crippen LogP contribution < -0.4 is 14.8 Å². The Bertz CT molecular complexity index is 778. The number of amides is 1. The fraction of sp³-hybridized carbons (Fsp3) is 0.235. The molecule has 8 heteroatoms. The number of methoxy groups -OCH3 is 1. The van der Waals surface area contributed by atoms with Crippen molar-refractivity contribution in [2.45, 2.75) is 13.1 Å². The Morgan fingerprint density at radius 1 is 1.16 bits per heavy atom. The molecule has 0 saturated heterocycles. The van der Waals surface area contributed by atoms with Gasteiger partial charge < -0.3 is 14.8 Å². The van der Waals surface area contributed by atoms with Crippen LogP contribution in [0.5, 0.6) is 11.5 Å². The smallest absolute Gasteiger partial charge is 0.417 e. The van der Waals surface area contributed by atoms with Gasteiger partial charge in [-0.3, -0.25) is 4.79 Å². The van der Waals surface area contributed by atoms with E-state index >= 15 is 0 Å². The topological polar surface area (TPSA) is 47.6 Å². The van der Waals surface area contributed by atoms with Crippen molar-refractivity contribution in [2.75, 3.05) is 19.0 Å². The molecule has 0 saturated carbocycles. The number of carbonyl (C=O) groups is 1. The molecule has 2 aromatic carbocycles. The highest BCUT2D eigenvalue weighted by Crippen LogP contribution is 2.36. The van der Waals surface area contributed by atoms with Gasteiger partial charge in [-0.1, -0.05) is 17.7 Å². The molecular formula is C17H15ClF3NO3. The zero-order valence-electron chi connectivity index (χ0n) is 13.4. The zero-order valence-corrected chi connectivity index (χ0v) is 14.2. The van der Waals surface area contributed by atoms with E-state index in [0.717, 1.165) is 17.7 Å². The van der Waals surface area contributed by atoms with Crippen molar-refractivity contribution in [2.24, 2.45) is 0 Å². The van der Waals surface area contributed by atoms with Crippen LogP contribution in [0, 0.1) is 6.92 Å². The summed E-state index contributed by atoms with van der Waals surface area (Å²) >= 11 is 5.53. The molecule has 0 unspecified atom stereocenters. The quantitative estimate of drug-likeness (QED) is 0.826. The summed E-state index contributed by atoms with van der Waals surface area (Å²) in [4.78, 5) is 11.9. The van der Waals surface area contributed by atoms with E-state index in [4.69, 9.17) is 21.1 Å². The minimum atomic E-state index is -4.61. The highest BCUT2D eigenvalue weighted by atomic mass is 35.5. The maximum absolute atomic E-state index is 12.8. The Morgan fingerprint density at radius 2 is 1.88 bits per heavy atom. The number of hydrogen-bond acceptors (Lipinski definition) is 3. The number of nitrogens with one attached hydrogen (secondary N) is 1. The summed E-state index contributed by atoms with van der Waals surface area (Å²) < 4.78 is 48.9. The van der Waals surface area contributed by atoms with Gasteiger partial charge in [0.1, 0.15) is 0 Å². The molecule has 1 N–H and O–H groups in total. The van der Waals surface area contributed by atoms with E-state index in [2.05, 4.69) is 5.32 Å². The third kappa shape index (κ3) is 5.03. The molecule has 2 aromatic rings. The first-order valence-electron chi connectivity index (χ1n) is 7.14. The van der Waals surface area contributed by atoms with Crippen LogP contribution in [0.4, 0.5) is 18.9 Å². The van der Waals surface area contributed by atoms with E-state index in [0.29, 0.717) is 11.5 Å². The maximum Gasteiger partial charge on any atom is 0.417 e.